The lowest BCUT2D eigenvalue weighted by Gasteiger charge is -2.09. The molecular formula is C20H17ClN7O2S+. The van der Waals surface area contributed by atoms with Gasteiger partial charge in [-0.05, 0) is 36.2 Å². The smallest absolute Gasteiger partial charge is 0.302 e. The monoisotopic (exact) mass is 454 g/mol. The molecule has 4 aromatic rings. The fourth-order valence-corrected chi connectivity index (χ4v) is 4.22. The number of nitrogens with one attached hydrogen (secondary N) is 1. The number of carbonyl (C=O) groups is 1. The Hall–Kier alpha value is -3.68. The van der Waals surface area contributed by atoms with Crippen molar-refractivity contribution in [2.45, 2.75) is 19.9 Å². The minimum atomic E-state index is -0.480. The minimum Gasteiger partial charge on any atom is -0.397 e. The summed E-state index contributed by atoms with van der Waals surface area (Å²) in [6.45, 7) is 3.86. The first-order valence-corrected chi connectivity index (χ1v) is 10.4. The van der Waals surface area contributed by atoms with Gasteiger partial charge in [-0.1, -0.05) is 23.7 Å². The Bertz CT molecular complexity index is 1350. The first kappa shape index (κ1) is 20.6. The van der Waals surface area contributed by atoms with Crippen LogP contribution < -0.4 is 21.5 Å². The molecule has 5 N–H and O–H groups in total. The third-order valence-corrected chi connectivity index (χ3v) is 5.95. The Balaban J connectivity index is 1.84. The number of nitrogens with two attached hydrogens (primary N) is 2. The van der Waals surface area contributed by atoms with E-state index in [0.29, 0.717) is 26.4 Å². The highest BCUT2D eigenvalue weighted by Crippen LogP contribution is 2.42. The molecule has 0 aliphatic carbocycles. The number of carbonyl (C=O) groups excluding carboxylic acids is 1. The van der Waals surface area contributed by atoms with Crippen molar-refractivity contribution in [1.82, 2.24) is 10.3 Å². The predicted molar refractivity (Wildman–Crippen MR) is 119 cm³/mol. The van der Waals surface area contributed by atoms with E-state index in [0.717, 1.165) is 11.3 Å². The molecule has 0 saturated heterocycles. The van der Waals surface area contributed by atoms with E-state index >= 15 is 0 Å². The molecule has 0 bridgehead atoms. The number of aromatic nitrogens is 3. The molecule has 0 saturated carbocycles. The number of benzene rings is 1. The van der Waals surface area contributed by atoms with Crippen molar-refractivity contribution in [1.29, 1.82) is 5.26 Å². The van der Waals surface area contributed by atoms with E-state index in [1.807, 2.05) is 13.8 Å². The number of nitriles is 1. The molecule has 3 heterocycles. The molecule has 0 aliphatic heterocycles. The van der Waals surface area contributed by atoms with Gasteiger partial charge in [-0.15, -0.1) is 11.3 Å². The third-order valence-electron chi connectivity index (χ3n) is 4.60. The molecule has 0 aliphatic rings. The molecule has 11 heteroatoms. The number of rotatable bonds is 4. The number of nitrogen functional groups attached to an aromatic ring is 2. The van der Waals surface area contributed by atoms with Crippen LogP contribution in [0.15, 0.2) is 35.0 Å². The van der Waals surface area contributed by atoms with E-state index < -0.39 is 5.91 Å². The Morgan fingerprint density at radius 3 is 2.65 bits per heavy atom. The Morgan fingerprint density at radius 1 is 1.32 bits per heavy atom. The van der Waals surface area contributed by atoms with E-state index in [4.69, 9.17) is 27.6 Å². The van der Waals surface area contributed by atoms with Gasteiger partial charge < -0.3 is 11.5 Å². The summed E-state index contributed by atoms with van der Waals surface area (Å²) in [4.78, 5) is 17.9. The standard InChI is InChI=1S/C20H16ClN7O2S/c1-9(2)28-8-13(30-27-28)25-19(29)17-16(23)15-14(10-3-5-11(21)6-4-10)12(7-22)18(24)26-20(15)31-17/h3-6,8-9H,1-2H3,(H4-,23,24,25,26,27,29)/p+1. The van der Waals surface area contributed by atoms with Crippen molar-refractivity contribution in [3.05, 3.63) is 45.9 Å². The molecule has 156 valence electrons. The second-order valence-corrected chi connectivity index (χ2v) is 8.42. The molecule has 0 radical (unpaired) electrons. The predicted octanol–water partition coefficient (Wildman–Crippen LogP) is 3.76. The molecule has 4 rings (SSSR count). The number of halogens is 1. The van der Waals surface area contributed by atoms with Gasteiger partial charge in [0.2, 0.25) is 5.27 Å². The Labute approximate surface area is 185 Å². The van der Waals surface area contributed by atoms with Gasteiger partial charge in [-0.2, -0.15) is 5.26 Å². The zero-order valence-electron chi connectivity index (χ0n) is 16.5. The maximum Gasteiger partial charge on any atom is 0.302 e. The normalized spacial score (nSPS) is 11.1. The van der Waals surface area contributed by atoms with Gasteiger partial charge in [0, 0.05) is 16.0 Å². The summed E-state index contributed by atoms with van der Waals surface area (Å²) >= 11 is 7.08. The number of anilines is 3. The van der Waals surface area contributed by atoms with Crippen LogP contribution in [0, 0.1) is 11.3 Å². The maximum atomic E-state index is 12.9. The summed E-state index contributed by atoms with van der Waals surface area (Å²) in [6, 6.07) is 9.07. The molecule has 0 spiro atoms. The quantitative estimate of drug-likeness (QED) is 0.397. The largest absolute Gasteiger partial charge is 0.397 e. The highest BCUT2D eigenvalue weighted by Gasteiger charge is 2.26. The van der Waals surface area contributed by atoms with E-state index in [-0.39, 0.29) is 33.9 Å². The number of hydrogen-bond donors (Lipinski definition) is 3. The number of hydrogen-bond acceptors (Lipinski definition) is 8. The summed E-state index contributed by atoms with van der Waals surface area (Å²) in [7, 11) is 0. The van der Waals surface area contributed by atoms with Gasteiger partial charge in [0.05, 0.1) is 5.69 Å². The van der Waals surface area contributed by atoms with Crippen molar-refractivity contribution >= 4 is 56.5 Å². The van der Waals surface area contributed by atoms with Crippen LogP contribution in [0.3, 0.4) is 0 Å². The van der Waals surface area contributed by atoms with Crippen molar-refractivity contribution in [3.8, 4) is 17.2 Å². The van der Waals surface area contributed by atoms with Crippen LogP contribution in [0.4, 0.5) is 17.4 Å². The molecule has 0 unspecified atom stereocenters. The van der Waals surface area contributed by atoms with Gasteiger partial charge in [0.1, 0.15) is 27.2 Å². The van der Waals surface area contributed by atoms with E-state index in [1.165, 1.54) is 0 Å². The second-order valence-electron chi connectivity index (χ2n) is 6.98. The second kappa shape index (κ2) is 7.86. The first-order chi connectivity index (χ1) is 14.8. The van der Waals surface area contributed by atoms with Crippen LogP contribution in [0.1, 0.15) is 35.1 Å². The minimum absolute atomic E-state index is 0.0568. The molecule has 1 aromatic carbocycles. The SMILES string of the molecule is CC(C)[n+]1cc(NC(=O)c2sc3nc(N)c(C#N)c(-c4ccc(Cl)cc4)c3c2N)on1. The lowest BCUT2D eigenvalue weighted by molar-refractivity contribution is -0.779. The van der Waals surface area contributed by atoms with Crippen molar-refractivity contribution < 1.29 is 14.0 Å². The lowest BCUT2D eigenvalue weighted by Crippen LogP contribution is -2.36. The summed E-state index contributed by atoms with van der Waals surface area (Å²) in [5.74, 6) is -0.244. The molecule has 3 aromatic heterocycles. The fraction of sp³-hybridized carbons (Fsp3) is 0.150. The average molecular weight is 455 g/mol. The lowest BCUT2D eigenvalue weighted by atomic mass is 9.97. The van der Waals surface area contributed by atoms with Crippen LogP contribution in [-0.2, 0) is 0 Å². The summed E-state index contributed by atoms with van der Waals surface area (Å²) in [5, 5.41) is 17.2. The van der Waals surface area contributed by atoms with Crippen molar-refractivity contribution in [2.24, 2.45) is 0 Å². The van der Waals surface area contributed by atoms with Gasteiger partial charge in [-0.3, -0.25) is 14.6 Å². The van der Waals surface area contributed by atoms with Gasteiger partial charge in [0.25, 0.3) is 12.1 Å². The number of fused-ring (bicyclic) bond motifs is 1. The zero-order valence-corrected chi connectivity index (χ0v) is 18.1. The highest BCUT2D eigenvalue weighted by molar-refractivity contribution is 7.21. The third kappa shape index (κ3) is 3.65. The van der Waals surface area contributed by atoms with Crippen LogP contribution in [0.2, 0.25) is 5.02 Å². The molecule has 9 nitrogen and oxygen atoms in total. The van der Waals surface area contributed by atoms with Crippen LogP contribution in [0.25, 0.3) is 21.3 Å². The van der Waals surface area contributed by atoms with Gasteiger partial charge >= 0.3 is 5.88 Å². The first-order valence-electron chi connectivity index (χ1n) is 9.17. The Kier molecular flexibility index (Phi) is 5.22. The number of thiophene rings is 1. The Morgan fingerprint density at radius 2 is 2.03 bits per heavy atom. The molecular weight excluding hydrogens is 438 g/mol. The molecule has 1 amide bonds. The topological polar surface area (TPSA) is 148 Å². The average Bonchev–Trinajstić information content (AvgIpc) is 3.32. The van der Waals surface area contributed by atoms with Crippen LogP contribution in [0.5, 0.6) is 0 Å². The van der Waals surface area contributed by atoms with Gasteiger partial charge in [0.15, 0.2) is 6.04 Å². The van der Waals surface area contributed by atoms with Crippen LogP contribution in [-0.4, -0.2) is 16.2 Å². The van der Waals surface area contributed by atoms with Crippen molar-refractivity contribution in [2.75, 3.05) is 16.8 Å². The van der Waals surface area contributed by atoms with Crippen LogP contribution >= 0.6 is 22.9 Å². The number of pyridine rings is 1. The van der Waals surface area contributed by atoms with Gasteiger partial charge in [-0.25, -0.2) is 4.98 Å². The van der Waals surface area contributed by atoms with E-state index in [1.54, 1.807) is 35.1 Å². The maximum absolute atomic E-state index is 12.9. The number of nitrogens with zero attached hydrogens (tertiary/aromatic N) is 4. The molecule has 0 atom stereocenters. The van der Waals surface area contributed by atoms with E-state index in [9.17, 15) is 10.1 Å². The summed E-state index contributed by atoms with van der Waals surface area (Å²) < 4.78 is 6.72. The summed E-state index contributed by atoms with van der Waals surface area (Å²) in [6.07, 6.45) is 1.58. The van der Waals surface area contributed by atoms with E-state index in [2.05, 4.69) is 21.6 Å². The zero-order chi connectivity index (χ0) is 22.3. The molecule has 31 heavy (non-hydrogen) atoms. The number of amides is 1. The fourth-order valence-electron chi connectivity index (χ4n) is 3.08. The van der Waals surface area contributed by atoms with Crippen molar-refractivity contribution in [3.63, 3.8) is 0 Å². The highest BCUT2D eigenvalue weighted by atomic mass is 35.5. The summed E-state index contributed by atoms with van der Waals surface area (Å²) in [5.41, 5.74) is 14.0. The molecule has 0 fully saturated rings.